The van der Waals surface area contributed by atoms with Gasteiger partial charge in [-0.1, -0.05) is 12.1 Å². The van der Waals surface area contributed by atoms with Crippen molar-refractivity contribution in [2.24, 2.45) is 7.05 Å². The van der Waals surface area contributed by atoms with Gasteiger partial charge in [-0.15, -0.1) is 11.3 Å². The van der Waals surface area contributed by atoms with Crippen LogP contribution in [-0.4, -0.2) is 27.6 Å². The molecule has 1 atom stereocenters. The van der Waals surface area contributed by atoms with Crippen LogP contribution in [0.5, 0.6) is 5.75 Å². The van der Waals surface area contributed by atoms with Gasteiger partial charge in [-0.3, -0.25) is 4.79 Å². The minimum atomic E-state index is -0.335. The molecule has 25 heavy (non-hydrogen) atoms. The maximum absolute atomic E-state index is 12.5. The summed E-state index contributed by atoms with van der Waals surface area (Å²) in [5.74, 6) is 1.45. The number of hydrogen-bond donors (Lipinski definition) is 1. The molecule has 3 aromatic rings. The predicted molar refractivity (Wildman–Crippen MR) is 96.7 cm³/mol. The lowest BCUT2D eigenvalue weighted by Gasteiger charge is -2.19. The number of hydrogen-bond acceptors (Lipinski definition) is 5. The second-order valence-corrected chi connectivity index (χ2v) is 6.77. The van der Waals surface area contributed by atoms with Crippen LogP contribution in [0.1, 0.15) is 28.1 Å². The van der Waals surface area contributed by atoms with E-state index >= 15 is 0 Å². The molecule has 3 rings (SSSR count). The summed E-state index contributed by atoms with van der Waals surface area (Å²) < 4.78 is 7.12. The first-order valence-electron chi connectivity index (χ1n) is 7.88. The van der Waals surface area contributed by atoms with Crippen LogP contribution in [0.3, 0.4) is 0 Å². The number of carbonyl (C=O) groups excluding carboxylic acids is 1. The maximum atomic E-state index is 12.5. The summed E-state index contributed by atoms with van der Waals surface area (Å²) in [6.45, 7) is 1.93. The third-order valence-electron chi connectivity index (χ3n) is 3.88. The number of thiazole rings is 1. The zero-order valence-corrected chi connectivity index (χ0v) is 15.2. The van der Waals surface area contributed by atoms with Gasteiger partial charge in [0, 0.05) is 24.8 Å². The van der Waals surface area contributed by atoms with Crippen molar-refractivity contribution in [3.63, 3.8) is 0 Å². The Hall–Kier alpha value is -2.67. The number of rotatable bonds is 6. The van der Waals surface area contributed by atoms with Crippen LogP contribution in [-0.2, 0) is 18.3 Å². The normalized spacial score (nSPS) is 12.0. The van der Waals surface area contributed by atoms with Crippen molar-refractivity contribution in [2.45, 2.75) is 19.4 Å². The van der Waals surface area contributed by atoms with Crippen LogP contribution < -0.4 is 10.1 Å². The number of carbonyl (C=O) groups is 1. The molecule has 130 valence electrons. The van der Waals surface area contributed by atoms with Crippen molar-refractivity contribution in [2.75, 3.05) is 7.11 Å². The van der Waals surface area contributed by atoms with E-state index in [1.807, 2.05) is 54.4 Å². The van der Waals surface area contributed by atoms with E-state index in [0.717, 1.165) is 27.8 Å². The smallest absolute Gasteiger partial charge is 0.226 e. The summed E-state index contributed by atoms with van der Waals surface area (Å²) in [5, 5.41) is 5.95. The summed E-state index contributed by atoms with van der Waals surface area (Å²) in [7, 11) is 3.54. The Kier molecular flexibility index (Phi) is 5.14. The maximum Gasteiger partial charge on any atom is 0.226 e. The molecule has 1 aromatic carbocycles. The molecule has 7 heteroatoms. The lowest BCUT2D eigenvalue weighted by Crippen LogP contribution is -2.32. The quantitative estimate of drug-likeness (QED) is 0.737. The molecule has 2 heterocycles. The fourth-order valence-corrected chi connectivity index (χ4v) is 3.23. The van der Waals surface area contributed by atoms with E-state index in [9.17, 15) is 4.79 Å². The number of imidazole rings is 1. The third kappa shape index (κ3) is 4.06. The molecule has 1 N–H and O–H groups in total. The average Bonchev–Trinajstić information content (AvgIpc) is 3.21. The third-order valence-corrected chi connectivity index (χ3v) is 4.70. The average molecular weight is 356 g/mol. The first-order valence-corrected chi connectivity index (χ1v) is 8.76. The van der Waals surface area contributed by atoms with Crippen LogP contribution in [0, 0.1) is 6.92 Å². The van der Waals surface area contributed by atoms with E-state index in [-0.39, 0.29) is 18.4 Å². The topological polar surface area (TPSA) is 69.0 Å². The Balaban J connectivity index is 1.83. The van der Waals surface area contributed by atoms with E-state index in [1.54, 1.807) is 24.6 Å². The predicted octanol–water partition coefficient (Wildman–Crippen LogP) is 2.64. The first kappa shape index (κ1) is 17.2. The second-order valence-electron chi connectivity index (χ2n) is 5.70. The van der Waals surface area contributed by atoms with Crippen molar-refractivity contribution < 1.29 is 9.53 Å². The Morgan fingerprint density at radius 1 is 1.36 bits per heavy atom. The van der Waals surface area contributed by atoms with E-state index in [0.29, 0.717) is 0 Å². The molecule has 0 aliphatic carbocycles. The molecular formula is C18H20N4O2S. The Morgan fingerprint density at radius 3 is 2.68 bits per heavy atom. The summed E-state index contributed by atoms with van der Waals surface area (Å²) in [5.41, 5.74) is 1.73. The molecule has 0 aliphatic heterocycles. The van der Waals surface area contributed by atoms with Crippen LogP contribution in [0.2, 0.25) is 0 Å². The zero-order valence-electron chi connectivity index (χ0n) is 14.4. The van der Waals surface area contributed by atoms with Gasteiger partial charge in [0.15, 0.2) is 0 Å². The van der Waals surface area contributed by atoms with Crippen LogP contribution in [0.4, 0.5) is 0 Å². The molecular weight excluding hydrogens is 336 g/mol. The highest BCUT2D eigenvalue weighted by molar-refractivity contribution is 7.09. The van der Waals surface area contributed by atoms with Crippen molar-refractivity contribution in [1.82, 2.24) is 19.9 Å². The highest BCUT2D eigenvalue weighted by atomic mass is 32.1. The first-order chi connectivity index (χ1) is 12.1. The Labute approximate surface area is 150 Å². The number of ether oxygens (including phenoxy) is 1. The van der Waals surface area contributed by atoms with E-state index in [1.165, 1.54) is 0 Å². The molecule has 6 nitrogen and oxygen atoms in total. The van der Waals surface area contributed by atoms with Crippen LogP contribution >= 0.6 is 11.3 Å². The van der Waals surface area contributed by atoms with Gasteiger partial charge < -0.3 is 14.6 Å². The van der Waals surface area contributed by atoms with Crippen molar-refractivity contribution in [1.29, 1.82) is 0 Å². The minimum absolute atomic E-state index is 0.0888. The largest absolute Gasteiger partial charge is 0.497 e. The molecule has 1 unspecified atom stereocenters. The number of nitrogens with zero attached hydrogens (tertiary/aromatic N) is 3. The molecule has 0 fully saturated rings. The number of methoxy groups -OCH3 is 1. The molecule has 0 saturated carbocycles. The molecule has 2 aromatic heterocycles. The number of amides is 1. The standard InChI is InChI=1S/C18H20N4O2S/c1-12-20-14(11-25-12)10-16(23)21-17(18-19-8-9-22(18)2)13-4-6-15(24-3)7-5-13/h4-9,11,17H,10H2,1-3H3,(H,21,23). The van der Waals surface area contributed by atoms with Gasteiger partial charge >= 0.3 is 0 Å². The number of benzene rings is 1. The van der Waals surface area contributed by atoms with Gasteiger partial charge in [-0.05, 0) is 24.6 Å². The fourth-order valence-electron chi connectivity index (χ4n) is 2.61. The van der Waals surface area contributed by atoms with Gasteiger partial charge in [0.05, 0.1) is 24.2 Å². The highest BCUT2D eigenvalue weighted by Crippen LogP contribution is 2.23. The van der Waals surface area contributed by atoms with Crippen molar-refractivity contribution >= 4 is 17.2 Å². The van der Waals surface area contributed by atoms with E-state index < -0.39 is 0 Å². The van der Waals surface area contributed by atoms with Crippen molar-refractivity contribution in [3.05, 3.63) is 64.1 Å². The summed E-state index contributed by atoms with van der Waals surface area (Å²) in [4.78, 5) is 21.3. The van der Waals surface area contributed by atoms with E-state index in [4.69, 9.17) is 4.74 Å². The van der Waals surface area contributed by atoms with Gasteiger partial charge in [-0.25, -0.2) is 9.97 Å². The molecule has 0 bridgehead atoms. The SMILES string of the molecule is COc1ccc(C(NC(=O)Cc2csc(C)n2)c2nccn2C)cc1. The van der Waals surface area contributed by atoms with Gasteiger partial charge in [0.25, 0.3) is 0 Å². The van der Waals surface area contributed by atoms with Crippen LogP contribution in [0.25, 0.3) is 0 Å². The summed E-state index contributed by atoms with van der Waals surface area (Å²) in [6.07, 6.45) is 3.84. The molecule has 0 radical (unpaired) electrons. The van der Waals surface area contributed by atoms with Gasteiger partial charge in [0.1, 0.15) is 17.6 Å². The Morgan fingerprint density at radius 2 is 2.12 bits per heavy atom. The number of aryl methyl sites for hydroxylation is 2. The fraction of sp³-hybridized carbons (Fsp3) is 0.278. The lowest BCUT2D eigenvalue weighted by molar-refractivity contribution is -0.121. The second kappa shape index (κ2) is 7.48. The molecule has 0 saturated heterocycles. The number of nitrogens with one attached hydrogen (secondary N) is 1. The minimum Gasteiger partial charge on any atom is -0.497 e. The number of aromatic nitrogens is 3. The van der Waals surface area contributed by atoms with Crippen molar-refractivity contribution in [3.8, 4) is 5.75 Å². The van der Waals surface area contributed by atoms with Gasteiger partial charge in [0.2, 0.25) is 5.91 Å². The Bertz CT molecular complexity index is 854. The highest BCUT2D eigenvalue weighted by Gasteiger charge is 2.21. The van der Waals surface area contributed by atoms with Gasteiger partial charge in [-0.2, -0.15) is 0 Å². The van der Waals surface area contributed by atoms with E-state index in [2.05, 4.69) is 15.3 Å². The molecule has 1 amide bonds. The summed E-state index contributed by atoms with van der Waals surface area (Å²) >= 11 is 1.54. The lowest BCUT2D eigenvalue weighted by atomic mass is 10.1. The zero-order chi connectivity index (χ0) is 17.8. The monoisotopic (exact) mass is 356 g/mol. The molecule has 0 aliphatic rings. The van der Waals surface area contributed by atoms with Crippen LogP contribution in [0.15, 0.2) is 42.0 Å². The summed E-state index contributed by atoms with van der Waals surface area (Å²) in [6, 6.07) is 7.29. The molecule has 0 spiro atoms.